The summed E-state index contributed by atoms with van der Waals surface area (Å²) in [7, 11) is 2.06. The first kappa shape index (κ1) is 29.1. The van der Waals surface area contributed by atoms with Crippen LogP contribution in [0.15, 0.2) is 18.7 Å². The summed E-state index contributed by atoms with van der Waals surface area (Å²) in [6.45, 7) is 10.6. The third kappa shape index (κ3) is 5.98. The molecule has 0 saturated carbocycles. The highest BCUT2D eigenvalue weighted by molar-refractivity contribution is 5.87. The Labute approximate surface area is 238 Å². The number of piperazine rings is 1. The third-order valence-corrected chi connectivity index (χ3v) is 8.72. The van der Waals surface area contributed by atoms with Crippen molar-refractivity contribution in [2.24, 2.45) is 5.92 Å². The van der Waals surface area contributed by atoms with Crippen molar-refractivity contribution < 1.29 is 22.7 Å². The third-order valence-electron chi connectivity index (χ3n) is 8.72. The minimum Gasteiger partial charge on any atom is -0.462 e. The summed E-state index contributed by atoms with van der Waals surface area (Å²) >= 11 is 0. The standard InChI is InChI=1S/C29H38F3N7O2/c1-5-24(40)38-9-11-39(12-10-38)27-21-13-17(2)20(26-25(29(30,31)32)18(3)14-23(33)35-26)15-22(21)34-28(36-27)41-16-19-7-6-8-37(19)4/h5,14,17,19-20H,1,6-13,15-16H2,2-4H3,(H2,33,35)/t17-,19+,20-/m1/s1. The fourth-order valence-electron chi connectivity index (χ4n) is 6.43. The van der Waals surface area contributed by atoms with Crippen molar-refractivity contribution in [3.05, 3.63) is 46.8 Å². The van der Waals surface area contributed by atoms with Gasteiger partial charge >= 0.3 is 12.2 Å². The van der Waals surface area contributed by atoms with Crippen LogP contribution in [0.1, 0.15) is 53.8 Å². The van der Waals surface area contributed by atoms with E-state index < -0.39 is 17.7 Å². The number of nitrogen functional groups attached to an aromatic ring is 1. The Morgan fingerprint density at radius 2 is 1.90 bits per heavy atom. The summed E-state index contributed by atoms with van der Waals surface area (Å²) in [4.78, 5) is 32.1. The lowest BCUT2D eigenvalue weighted by Gasteiger charge is -2.38. The number of halogens is 3. The minimum absolute atomic E-state index is 0.0279. The molecular formula is C29H38F3N7O2. The van der Waals surface area contributed by atoms with Gasteiger partial charge in [-0.25, -0.2) is 4.98 Å². The number of aryl methyl sites for hydroxylation is 1. The molecule has 1 aliphatic carbocycles. The van der Waals surface area contributed by atoms with E-state index in [-0.39, 0.29) is 47.4 Å². The molecule has 2 saturated heterocycles. The van der Waals surface area contributed by atoms with Crippen LogP contribution in [-0.2, 0) is 23.8 Å². The van der Waals surface area contributed by atoms with Crippen molar-refractivity contribution in [2.45, 2.75) is 57.7 Å². The highest BCUT2D eigenvalue weighted by atomic mass is 19.4. The maximum Gasteiger partial charge on any atom is 0.418 e. The van der Waals surface area contributed by atoms with Crippen molar-refractivity contribution in [1.82, 2.24) is 24.8 Å². The highest BCUT2D eigenvalue weighted by Gasteiger charge is 2.42. The van der Waals surface area contributed by atoms with Crippen LogP contribution >= 0.6 is 0 Å². The molecule has 5 rings (SSSR count). The highest BCUT2D eigenvalue weighted by Crippen LogP contribution is 2.45. The van der Waals surface area contributed by atoms with Gasteiger partial charge in [-0.1, -0.05) is 13.5 Å². The second kappa shape index (κ2) is 11.5. The number of fused-ring (bicyclic) bond motifs is 1. The second-order valence-electron chi connectivity index (χ2n) is 11.5. The van der Waals surface area contributed by atoms with Gasteiger partial charge in [-0.2, -0.15) is 23.1 Å². The normalized spacial score (nSPS) is 23.4. The zero-order valence-corrected chi connectivity index (χ0v) is 23.9. The lowest BCUT2D eigenvalue weighted by Crippen LogP contribution is -2.49. The molecule has 222 valence electrons. The van der Waals surface area contributed by atoms with Gasteiger partial charge in [0, 0.05) is 43.7 Å². The molecule has 2 aromatic heterocycles. The number of pyridine rings is 1. The van der Waals surface area contributed by atoms with Crippen LogP contribution in [0.4, 0.5) is 24.8 Å². The van der Waals surface area contributed by atoms with Crippen LogP contribution < -0.4 is 15.4 Å². The molecule has 0 aromatic carbocycles. The zero-order chi connectivity index (χ0) is 29.5. The molecule has 2 aromatic rings. The number of anilines is 2. The molecule has 2 N–H and O–H groups in total. The quantitative estimate of drug-likeness (QED) is 0.524. The number of hydrogen-bond donors (Lipinski definition) is 1. The van der Waals surface area contributed by atoms with Crippen LogP contribution in [-0.4, -0.2) is 83.1 Å². The van der Waals surface area contributed by atoms with E-state index >= 15 is 0 Å². The number of ether oxygens (including phenoxy) is 1. The molecule has 2 aliphatic heterocycles. The summed E-state index contributed by atoms with van der Waals surface area (Å²) < 4.78 is 48.8. The predicted molar refractivity (Wildman–Crippen MR) is 150 cm³/mol. The van der Waals surface area contributed by atoms with E-state index in [1.54, 1.807) is 4.90 Å². The number of carbonyl (C=O) groups is 1. The Balaban J connectivity index is 1.50. The largest absolute Gasteiger partial charge is 0.462 e. The Bertz CT molecular complexity index is 1310. The monoisotopic (exact) mass is 573 g/mol. The lowest BCUT2D eigenvalue weighted by atomic mass is 9.75. The molecule has 3 aliphatic rings. The predicted octanol–water partition coefficient (Wildman–Crippen LogP) is 3.61. The van der Waals surface area contributed by atoms with Gasteiger partial charge < -0.3 is 25.2 Å². The van der Waals surface area contributed by atoms with Gasteiger partial charge in [-0.15, -0.1) is 0 Å². The SMILES string of the molecule is C=CC(=O)N1CCN(c2nc(OC[C@@H]3CCCN3C)nc3c2C[C@@H](C)[C@H](c2nc(N)cc(C)c2C(F)(F)F)C3)CC1. The molecule has 9 nitrogen and oxygen atoms in total. The first-order valence-electron chi connectivity index (χ1n) is 14.2. The van der Waals surface area contributed by atoms with Gasteiger partial charge in [0.05, 0.1) is 17.0 Å². The van der Waals surface area contributed by atoms with E-state index in [1.807, 2.05) is 6.92 Å². The van der Waals surface area contributed by atoms with Crippen molar-refractivity contribution in [1.29, 1.82) is 0 Å². The van der Waals surface area contributed by atoms with Crippen LogP contribution in [0.3, 0.4) is 0 Å². The molecule has 0 unspecified atom stereocenters. The first-order chi connectivity index (χ1) is 19.5. The van der Waals surface area contributed by atoms with Crippen molar-refractivity contribution in [3.8, 4) is 6.01 Å². The first-order valence-corrected chi connectivity index (χ1v) is 14.2. The van der Waals surface area contributed by atoms with Gasteiger partial charge in [0.1, 0.15) is 18.2 Å². The summed E-state index contributed by atoms with van der Waals surface area (Å²) in [5.41, 5.74) is 6.86. The molecule has 1 amide bonds. The summed E-state index contributed by atoms with van der Waals surface area (Å²) in [6, 6.07) is 1.76. The minimum atomic E-state index is -4.55. The second-order valence-corrected chi connectivity index (χ2v) is 11.5. The number of carbonyl (C=O) groups excluding carboxylic acids is 1. The fourth-order valence-corrected chi connectivity index (χ4v) is 6.43. The molecule has 41 heavy (non-hydrogen) atoms. The maximum absolute atomic E-state index is 14.2. The molecule has 0 radical (unpaired) electrons. The Hall–Kier alpha value is -3.41. The van der Waals surface area contributed by atoms with Gasteiger partial charge in [0.25, 0.3) is 0 Å². The summed E-state index contributed by atoms with van der Waals surface area (Å²) in [5.74, 6) is 0.000123. The number of likely N-dealkylation sites (N-methyl/N-ethyl adjacent to an activating group) is 1. The number of hydrogen-bond acceptors (Lipinski definition) is 8. The molecule has 0 spiro atoms. The Morgan fingerprint density at radius 1 is 1.17 bits per heavy atom. The maximum atomic E-state index is 14.2. The Kier molecular flexibility index (Phi) is 8.13. The number of nitrogens with two attached hydrogens (primary N) is 1. The number of likely N-dealkylation sites (tertiary alicyclic amines) is 1. The van der Waals surface area contributed by atoms with Crippen molar-refractivity contribution in [3.63, 3.8) is 0 Å². The van der Waals surface area contributed by atoms with Crippen LogP contribution in [0.2, 0.25) is 0 Å². The van der Waals surface area contributed by atoms with Gasteiger partial charge in [-0.3, -0.25) is 4.79 Å². The summed E-state index contributed by atoms with van der Waals surface area (Å²) in [5, 5.41) is 0. The smallest absolute Gasteiger partial charge is 0.418 e. The van der Waals surface area contributed by atoms with Gasteiger partial charge in [0.15, 0.2) is 0 Å². The van der Waals surface area contributed by atoms with E-state index in [0.29, 0.717) is 44.9 Å². The van der Waals surface area contributed by atoms with Crippen LogP contribution in [0, 0.1) is 12.8 Å². The van der Waals surface area contributed by atoms with E-state index in [2.05, 4.69) is 28.4 Å². The van der Waals surface area contributed by atoms with E-state index in [0.717, 1.165) is 30.8 Å². The van der Waals surface area contributed by atoms with Crippen molar-refractivity contribution in [2.75, 3.05) is 57.0 Å². The average Bonchev–Trinajstić information content (AvgIpc) is 3.34. The molecular weight excluding hydrogens is 535 g/mol. The molecule has 0 bridgehead atoms. The van der Waals surface area contributed by atoms with Gasteiger partial charge in [-0.05, 0) is 69.8 Å². The lowest BCUT2D eigenvalue weighted by molar-refractivity contribution is -0.139. The van der Waals surface area contributed by atoms with Gasteiger partial charge in [0.2, 0.25) is 5.91 Å². The number of aromatic nitrogens is 3. The van der Waals surface area contributed by atoms with E-state index in [9.17, 15) is 18.0 Å². The van der Waals surface area contributed by atoms with Crippen LogP contribution in [0.5, 0.6) is 6.01 Å². The molecule has 3 atom stereocenters. The fraction of sp³-hybridized carbons (Fsp3) is 0.586. The number of amides is 1. The van der Waals surface area contributed by atoms with E-state index in [4.69, 9.17) is 20.4 Å². The number of rotatable bonds is 6. The van der Waals surface area contributed by atoms with E-state index in [1.165, 1.54) is 19.1 Å². The Morgan fingerprint density at radius 3 is 2.54 bits per heavy atom. The van der Waals surface area contributed by atoms with Crippen molar-refractivity contribution >= 4 is 17.5 Å². The number of nitrogens with zero attached hydrogens (tertiary/aromatic N) is 6. The molecule has 4 heterocycles. The molecule has 12 heteroatoms. The molecule has 2 fully saturated rings. The summed E-state index contributed by atoms with van der Waals surface area (Å²) in [6.07, 6.45) is -0.367. The number of alkyl halides is 3. The average molecular weight is 574 g/mol. The topological polar surface area (TPSA) is 101 Å². The zero-order valence-electron chi connectivity index (χ0n) is 23.9. The van der Waals surface area contributed by atoms with Crippen LogP contribution in [0.25, 0.3) is 0 Å².